The first-order valence-corrected chi connectivity index (χ1v) is 7.64. The molecular weight excluding hydrogens is 284 g/mol. The third kappa shape index (κ3) is 3.40. The lowest BCUT2D eigenvalue weighted by Gasteiger charge is -2.43. The number of carbonyl (C=O) groups is 1. The molecule has 2 saturated heterocycles. The van der Waals surface area contributed by atoms with Gasteiger partial charge in [0.2, 0.25) is 5.91 Å². The van der Waals surface area contributed by atoms with Gasteiger partial charge in [-0.2, -0.15) is 0 Å². The Bertz CT molecular complexity index is 521. The zero-order chi connectivity index (χ0) is 15.4. The summed E-state index contributed by atoms with van der Waals surface area (Å²) >= 11 is 0. The molecule has 0 unspecified atom stereocenters. The van der Waals surface area contributed by atoms with E-state index in [2.05, 4.69) is 10.2 Å². The fraction of sp³-hybridized carbons (Fsp3) is 0.562. The predicted octanol–water partition coefficient (Wildman–Crippen LogP) is 1.12. The number of benzene rings is 1. The Morgan fingerprint density at radius 2 is 2.27 bits per heavy atom. The number of methoxy groups -OCH3 is 1. The van der Waals surface area contributed by atoms with Crippen LogP contribution in [0.25, 0.3) is 0 Å². The number of rotatable bonds is 4. The smallest absolute Gasteiger partial charge is 0.238 e. The lowest BCUT2D eigenvalue weighted by Crippen LogP contribution is -2.57. The third-order valence-corrected chi connectivity index (χ3v) is 4.18. The molecular formula is C16H22N2O4. The van der Waals surface area contributed by atoms with Crippen molar-refractivity contribution in [3.8, 4) is 5.75 Å². The molecule has 2 atom stereocenters. The first-order chi connectivity index (χ1) is 10.8. The Morgan fingerprint density at radius 3 is 3.14 bits per heavy atom. The van der Waals surface area contributed by atoms with Crippen LogP contribution in [-0.2, 0) is 14.3 Å². The molecule has 0 aromatic heterocycles. The van der Waals surface area contributed by atoms with Gasteiger partial charge in [0, 0.05) is 19.2 Å². The Kier molecular flexibility index (Phi) is 4.92. The van der Waals surface area contributed by atoms with Gasteiger partial charge in [-0.25, -0.2) is 0 Å². The normalized spacial score (nSPS) is 25.3. The second-order valence-corrected chi connectivity index (χ2v) is 5.56. The van der Waals surface area contributed by atoms with E-state index in [1.54, 1.807) is 7.11 Å². The van der Waals surface area contributed by atoms with Crippen molar-refractivity contribution in [2.24, 2.45) is 0 Å². The molecule has 120 valence electrons. The SMILES string of the molecule is COc1ccccc1NC(=O)CN1CCO[C@H]2COCC[C@H]21. The summed E-state index contributed by atoms with van der Waals surface area (Å²) in [5, 5.41) is 2.93. The molecule has 1 N–H and O–H groups in total. The fourth-order valence-electron chi connectivity index (χ4n) is 3.08. The van der Waals surface area contributed by atoms with Gasteiger partial charge >= 0.3 is 0 Å². The molecule has 1 aromatic carbocycles. The third-order valence-electron chi connectivity index (χ3n) is 4.18. The number of hydrogen-bond acceptors (Lipinski definition) is 5. The number of fused-ring (bicyclic) bond motifs is 1. The van der Waals surface area contributed by atoms with Gasteiger partial charge in [-0.3, -0.25) is 9.69 Å². The maximum Gasteiger partial charge on any atom is 0.238 e. The molecule has 0 saturated carbocycles. The van der Waals surface area contributed by atoms with E-state index in [-0.39, 0.29) is 18.1 Å². The molecule has 0 spiro atoms. The van der Waals surface area contributed by atoms with Gasteiger partial charge in [-0.15, -0.1) is 0 Å². The molecule has 3 rings (SSSR count). The van der Waals surface area contributed by atoms with Crippen molar-refractivity contribution in [2.75, 3.05) is 45.3 Å². The largest absolute Gasteiger partial charge is 0.495 e. The van der Waals surface area contributed by atoms with Crippen LogP contribution in [-0.4, -0.2) is 63.0 Å². The van der Waals surface area contributed by atoms with Crippen molar-refractivity contribution in [2.45, 2.75) is 18.6 Å². The number of nitrogens with zero attached hydrogens (tertiary/aromatic N) is 1. The minimum atomic E-state index is -0.0309. The van der Waals surface area contributed by atoms with Crippen molar-refractivity contribution in [3.05, 3.63) is 24.3 Å². The highest BCUT2D eigenvalue weighted by Crippen LogP contribution is 2.24. The van der Waals surface area contributed by atoms with Crippen LogP contribution in [0.4, 0.5) is 5.69 Å². The van der Waals surface area contributed by atoms with E-state index < -0.39 is 0 Å². The van der Waals surface area contributed by atoms with E-state index in [0.717, 1.165) is 19.6 Å². The number of amides is 1. The van der Waals surface area contributed by atoms with Crippen molar-refractivity contribution in [3.63, 3.8) is 0 Å². The lowest BCUT2D eigenvalue weighted by molar-refractivity contribution is -0.142. The summed E-state index contributed by atoms with van der Waals surface area (Å²) < 4.78 is 16.4. The van der Waals surface area contributed by atoms with Gasteiger partial charge in [0.25, 0.3) is 0 Å². The van der Waals surface area contributed by atoms with E-state index in [9.17, 15) is 4.79 Å². The molecule has 0 radical (unpaired) electrons. The number of anilines is 1. The second kappa shape index (κ2) is 7.09. The molecule has 0 bridgehead atoms. The van der Waals surface area contributed by atoms with Crippen LogP contribution < -0.4 is 10.1 Å². The van der Waals surface area contributed by atoms with E-state index in [4.69, 9.17) is 14.2 Å². The average Bonchev–Trinajstić information content (AvgIpc) is 2.55. The van der Waals surface area contributed by atoms with Crippen molar-refractivity contribution in [1.82, 2.24) is 4.90 Å². The molecule has 0 aliphatic carbocycles. The molecule has 2 heterocycles. The monoisotopic (exact) mass is 306 g/mol. The average molecular weight is 306 g/mol. The fourth-order valence-corrected chi connectivity index (χ4v) is 3.08. The topological polar surface area (TPSA) is 60.0 Å². The van der Waals surface area contributed by atoms with Crippen LogP contribution in [0, 0.1) is 0 Å². The standard InChI is InChI=1S/C16H22N2O4/c1-20-14-5-3-2-4-12(14)17-16(19)10-18-7-9-22-15-11-21-8-6-13(15)18/h2-5,13,15H,6-11H2,1H3,(H,17,19)/t13-,15+/m1/s1. The number of para-hydroxylation sites is 2. The summed E-state index contributed by atoms with van der Waals surface area (Å²) in [5.74, 6) is 0.637. The van der Waals surface area contributed by atoms with Crippen molar-refractivity contribution < 1.29 is 19.0 Å². The number of ether oxygens (including phenoxy) is 3. The minimum absolute atomic E-state index is 0.0309. The quantitative estimate of drug-likeness (QED) is 0.903. The van der Waals surface area contributed by atoms with Crippen LogP contribution in [0.3, 0.4) is 0 Å². The molecule has 2 aliphatic heterocycles. The number of morpholine rings is 1. The summed E-state index contributed by atoms with van der Waals surface area (Å²) in [6, 6.07) is 7.70. The van der Waals surface area contributed by atoms with Gasteiger partial charge in [-0.05, 0) is 18.6 Å². The zero-order valence-corrected chi connectivity index (χ0v) is 12.8. The molecule has 2 fully saturated rings. The molecule has 2 aliphatic rings. The van der Waals surface area contributed by atoms with Gasteiger partial charge in [0.15, 0.2) is 0 Å². The zero-order valence-electron chi connectivity index (χ0n) is 12.8. The summed E-state index contributed by atoms with van der Waals surface area (Å²) in [4.78, 5) is 14.5. The predicted molar refractivity (Wildman–Crippen MR) is 82.2 cm³/mol. The number of hydrogen-bond donors (Lipinski definition) is 1. The van der Waals surface area contributed by atoms with Crippen LogP contribution in [0.2, 0.25) is 0 Å². The van der Waals surface area contributed by atoms with Gasteiger partial charge < -0.3 is 19.5 Å². The van der Waals surface area contributed by atoms with E-state index in [0.29, 0.717) is 31.2 Å². The van der Waals surface area contributed by atoms with Gasteiger partial charge in [-0.1, -0.05) is 12.1 Å². The van der Waals surface area contributed by atoms with Crippen molar-refractivity contribution >= 4 is 11.6 Å². The van der Waals surface area contributed by atoms with Crippen LogP contribution in [0.5, 0.6) is 5.75 Å². The highest BCUT2D eigenvalue weighted by Gasteiger charge is 2.35. The maximum absolute atomic E-state index is 12.3. The highest BCUT2D eigenvalue weighted by atomic mass is 16.5. The Morgan fingerprint density at radius 1 is 1.41 bits per heavy atom. The van der Waals surface area contributed by atoms with Crippen LogP contribution in [0.1, 0.15) is 6.42 Å². The molecule has 1 aromatic rings. The summed E-state index contributed by atoms with van der Waals surface area (Å²) in [6.45, 7) is 3.14. The first-order valence-electron chi connectivity index (χ1n) is 7.64. The molecule has 6 nitrogen and oxygen atoms in total. The molecule has 22 heavy (non-hydrogen) atoms. The minimum Gasteiger partial charge on any atom is -0.495 e. The second-order valence-electron chi connectivity index (χ2n) is 5.56. The summed E-state index contributed by atoms with van der Waals surface area (Å²) in [5.41, 5.74) is 0.701. The van der Waals surface area contributed by atoms with Crippen LogP contribution >= 0.6 is 0 Å². The Balaban J connectivity index is 1.61. The molecule has 6 heteroatoms. The molecule has 1 amide bonds. The Hall–Kier alpha value is -1.63. The van der Waals surface area contributed by atoms with E-state index in [1.165, 1.54) is 0 Å². The van der Waals surface area contributed by atoms with E-state index in [1.807, 2.05) is 24.3 Å². The van der Waals surface area contributed by atoms with Crippen molar-refractivity contribution in [1.29, 1.82) is 0 Å². The summed E-state index contributed by atoms with van der Waals surface area (Å²) in [7, 11) is 1.60. The highest BCUT2D eigenvalue weighted by molar-refractivity contribution is 5.93. The van der Waals surface area contributed by atoms with Crippen LogP contribution in [0.15, 0.2) is 24.3 Å². The first kappa shape index (κ1) is 15.3. The Labute approximate surface area is 130 Å². The summed E-state index contributed by atoms with van der Waals surface area (Å²) in [6.07, 6.45) is 0.994. The van der Waals surface area contributed by atoms with E-state index >= 15 is 0 Å². The lowest BCUT2D eigenvalue weighted by atomic mass is 10.0. The maximum atomic E-state index is 12.3. The van der Waals surface area contributed by atoms with Gasteiger partial charge in [0.05, 0.1) is 38.7 Å². The van der Waals surface area contributed by atoms with Gasteiger partial charge in [0.1, 0.15) is 5.75 Å². The number of nitrogens with one attached hydrogen (secondary N) is 1. The number of carbonyl (C=O) groups excluding carboxylic acids is 1.